The third-order valence-electron chi connectivity index (χ3n) is 4.15. The lowest BCUT2D eigenvalue weighted by atomic mass is 10.1. The van der Waals surface area contributed by atoms with Crippen molar-refractivity contribution in [2.75, 3.05) is 6.61 Å². The highest BCUT2D eigenvalue weighted by atomic mass is 35.5. The van der Waals surface area contributed by atoms with Crippen LogP contribution in [0.25, 0.3) is 17.3 Å². The molecule has 0 unspecified atom stereocenters. The van der Waals surface area contributed by atoms with E-state index in [0.29, 0.717) is 28.5 Å². The lowest BCUT2D eigenvalue weighted by molar-refractivity contribution is -0.136. The summed E-state index contributed by atoms with van der Waals surface area (Å²) in [7, 11) is 0. The van der Waals surface area contributed by atoms with Crippen LogP contribution in [0, 0.1) is 0 Å². The quantitative estimate of drug-likeness (QED) is 0.433. The van der Waals surface area contributed by atoms with Crippen molar-refractivity contribution in [3.8, 4) is 0 Å². The summed E-state index contributed by atoms with van der Waals surface area (Å²) in [5.74, 6) is -0.392. The molecule has 6 heteroatoms. The van der Waals surface area contributed by atoms with E-state index in [0.717, 1.165) is 30.5 Å². The highest BCUT2D eigenvalue weighted by molar-refractivity contribution is 6.30. The Kier molecular flexibility index (Phi) is 6.24. The van der Waals surface area contributed by atoms with Gasteiger partial charge in [0.2, 0.25) is 0 Å². The first-order chi connectivity index (χ1) is 13.1. The maximum absolute atomic E-state index is 12.7. The van der Waals surface area contributed by atoms with Gasteiger partial charge in [-0.25, -0.2) is 14.3 Å². The third kappa shape index (κ3) is 4.55. The van der Waals surface area contributed by atoms with Gasteiger partial charge in [-0.15, -0.1) is 0 Å². The highest BCUT2D eigenvalue weighted by Crippen LogP contribution is 2.23. The minimum atomic E-state index is -0.392. The Labute approximate surface area is 163 Å². The van der Waals surface area contributed by atoms with Gasteiger partial charge in [0, 0.05) is 16.8 Å². The number of benzene rings is 1. The number of unbranched alkanes of at least 4 members (excludes halogenated alkanes) is 1. The molecule has 0 saturated carbocycles. The second-order valence-electron chi connectivity index (χ2n) is 6.17. The zero-order valence-corrected chi connectivity index (χ0v) is 16.2. The molecule has 0 aliphatic carbocycles. The van der Waals surface area contributed by atoms with Gasteiger partial charge in [0.15, 0.2) is 5.65 Å². The summed E-state index contributed by atoms with van der Waals surface area (Å²) >= 11 is 5.98. The van der Waals surface area contributed by atoms with Crippen molar-refractivity contribution >= 4 is 34.9 Å². The van der Waals surface area contributed by atoms with Crippen LogP contribution >= 0.6 is 11.6 Å². The molecule has 5 nitrogen and oxygen atoms in total. The number of halogens is 1. The molecule has 140 valence electrons. The first-order valence-electron chi connectivity index (χ1n) is 9.10. The van der Waals surface area contributed by atoms with Crippen LogP contribution in [0.5, 0.6) is 0 Å². The van der Waals surface area contributed by atoms with Gasteiger partial charge in [-0.1, -0.05) is 37.1 Å². The SMILES string of the molecule is CCCCc1cc(/C(=C/c2ccc(Cl)cc2)C(=O)OCC)n2nccc2n1. The minimum absolute atomic E-state index is 0.298. The van der Waals surface area contributed by atoms with Crippen molar-refractivity contribution in [1.29, 1.82) is 0 Å². The zero-order valence-electron chi connectivity index (χ0n) is 15.5. The van der Waals surface area contributed by atoms with Crippen LogP contribution < -0.4 is 0 Å². The first-order valence-corrected chi connectivity index (χ1v) is 9.48. The average Bonchev–Trinajstić information content (AvgIpc) is 3.14. The molecule has 0 aliphatic rings. The third-order valence-corrected chi connectivity index (χ3v) is 4.40. The molecule has 27 heavy (non-hydrogen) atoms. The maximum Gasteiger partial charge on any atom is 0.340 e. The summed E-state index contributed by atoms with van der Waals surface area (Å²) in [5, 5.41) is 4.99. The van der Waals surface area contributed by atoms with Gasteiger partial charge < -0.3 is 4.74 Å². The van der Waals surface area contributed by atoms with E-state index in [4.69, 9.17) is 16.3 Å². The number of nitrogens with zero attached hydrogens (tertiary/aromatic N) is 3. The van der Waals surface area contributed by atoms with Gasteiger partial charge in [0.25, 0.3) is 0 Å². The second-order valence-corrected chi connectivity index (χ2v) is 6.60. The molecule has 2 aromatic heterocycles. The van der Waals surface area contributed by atoms with Crippen LogP contribution in [-0.4, -0.2) is 27.2 Å². The van der Waals surface area contributed by atoms with Gasteiger partial charge in [-0.3, -0.25) is 0 Å². The maximum atomic E-state index is 12.7. The standard InChI is InChI=1S/C21H22ClN3O2/c1-3-5-6-17-14-19(25-20(24-17)11-12-23-25)18(21(26)27-4-2)13-15-7-9-16(22)10-8-15/h7-14H,3-6H2,1-2H3/b18-13-. The minimum Gasteiger partial charge on any atom is -0.462 e. The van der Waals surface area contributed by atoms with Crippen LogP contribution in [0.2, 0.25) is 5.02 Å². The number of carbonyl (C=O) groups excluding carboxylic acids is 1. The van der Waals surface area contributed by atoms with E-state index >= 15 is 0 Å². The Morgan fingerprint density at radius 2 is 2.00 bits per heavy atom. The Morgan fingerprint density at radius 3 is 2.70 bits per heavy atom. The average molecular weight is 384 g/mol. The van der Waals surface area contributed by atoms with E-state index in [1.54, 1.807) is 35.8 Å². The van der Waals surface area contributed by atoms with E-state index in [1.807, 2.05) is 24.3 Å². The zero-order chi connectivity index (χ0) is 19.2. The van der Waals surface area contributed by atoms with Gasteiger partial charge in [-0.05, 0) is 49.6 Å². The number of hydrogen-bond acceptors (Lipinski definition) is 4. The summed E-state index contributed by atoms with van der Waals surface area (Å²) in [6.45, 7) is 4.23. The Hall–Kier alpha value is -2.66. The molecule has 3 aromatic rings. The topological polar surface area (TPSA) is 56.5 Å². The lowest BCUT2D eigenvalue weighted by Gasteiger charge is -2.11. The Balaban J connectivity index is 2.14. The number of fused-ring (bicyclic) bond motifs is 1. The van der Waals surface area contributed by atoms with Crippen molar-refractivity contribution < 1.29 is 9.53 Å². The van der Waals surface area contributed by atoms with Crippen LogP contribution in [-0.2, 0) is 16.0 Å². The fourth-order valence-corrected chi connectivity index (χ4v) is 2.94. The van der Waals surface area contributed by atoms with Crippen LogP contribution in [0.3, 0.4) is 0 Å². The van der Waals surface area contributed by atoms with Crippen molar-refractivity contribution in [3.05, 3.63) is 64.6 Å². The smallest absolute Gasteiger partial charge is 0.340 e. The van der Waals surface area contributed by atoms with Crippen molar-refractivity contribution in [2.45, 2.75) is 33.1 Å². The summed E-state index contributed by atoms with van der Waals surface area (Å²) < 4.78 is 6.98. The number of hydrogen-bond donors (Lipinski definition) is 0. The van der Waals surface area contributed by atoms with E-state index in [9.17, 15) is 4.79 Å². The van der Waals surface area contributed by atoms with E-state index < -0.39 is 5.97 Å². The predicted octanol–water partition coefficient (Wildman–Crippen LogP) is 4.83. The summed E-state index contributed by atoms with van der Waals surface area (Å²) in [6, 6.07) is 11.1. The molecule has 0 fully saturated rings. The number of aryl methyl sites for hydroxylation is 1. The van der Waals surface area contributed by atoms with E-state index in [1.165, 1.54) is 0 Å². The van der Waals surface area contributed by atoms with Crippen LogP contribution in [0.15, 0.2) is 42.6 Å². The molecule has 0 spiro atoms. The number of rotatable bonds is 7. The number of ether oxygens (including phenoxy) is 1. The van der Waals surface area contributed by atoms with E-state index in [-0.39, 0.29) is 0 Å². The number of carbonyl (C=O) groups is 1. The molecule has 0 N–H and O–H groups in total. The summed E-state index contributed by atoms with van der Waals surface area (Å²) in [4.78, 5) is 17.4. The van der Waals surface area contributed by atoms with Crippen molar-refractivity contribution in [1.82, 2.24) is 14.6 Å². The predicted molar refractivity (Wildman–Crippen MR) is 108 cm³/mol. The van der Waals surface area contributed by atoms with Gasteiger partial charge >= 0.3 is 5.97 Å². The van der Waals surface area contributed by atoms with Crippen molar-refractivity contribution in [2.24, 2.45) is 0 Å². The molecule has 0 aliphatic heterocycles. The van der Waals surface area contributed by atoms with Gasteiger partial charge in [0.1, 0.15) is 0 Å². The molecule has 1 aromatic carbocycles. The Bertz CT molecular complexity index is 961. The van der Waals surface area contributed by atoms with Crippen molar-refractivity contribution in [3.63, 3.8) is 0 Å². The van der Waals surface area contributed by atoms with Crippen LogP contribution in [0.4, 0.5) is 0 Å². The molecular formula is C21H22ClN3O2. The normalized spacial score (nSPS) is 11.7. The summed E-state index contributed by atoms with van der Waals surface area (Å²) in [6.07, 6.45) is 6.44. The molecule has 0 atom stereocenters. The molecule has 3 rings (SSSR count). The molecule has 0 amide bonds. The first kappa shape index (κ1) is 19.1. The molecule has 2 heterocycles. The fraction of sp³-hybridized carbons (Fsp3) is 0.286. The largest absolute Gasteiger partial charge is 0.462 e. The monoisotopic (exact) mass is 383 g/mol. The molecule has 0 saturated heterocycles. The molecular weight excluding hydrogens is 362 g/mol. The molecule has 0 bridgehead atoms. The number of esters is 1. The van der Waals surface area contributed by atoms with Crippen LogP contribution in [0.1, 0.15) is 43.6 Å². The fourth-order valence-electron chi connectivity index (χ4n) is 2.81. The second kappa shape index (κ2) is 8.82. The highest BCUT2D eigenvalue weighted by Gasteiger charge is 2.19. The molecule has 0 radical (unpaired) electrons. The Morgan fingerprint density at radius 1 is 1.22 bits per heavy atom. The number of aromatic nitrogens is 3. The van der Waals surface area contributed by atoms with E-state index in [2.05, 4.69) is 17.0 Å². The lowest BCUT2D eigenvalue weighted by Crippen LogP contribution is -2.12. The van der Waals surface area contributed by atoms with Gasteiger partial charge in [0.05, 0.1) is 24.1 Å². The summed E-state index contributed by atoms with van der Waals surface area (Å²) in [5.41, 5.74) is 3.61. The van der Waals surface area contributed by atoms with Gasteiger partial charge in [-0.2, -0.15) is 5.10 Å².